The lowest BCUT2D eigenvalue weighted by molar-refractivity contribution is 0.103. The fourth-order valence-electron chi connectivity index (χ4n) is 2.21. The van der Waals surface area contributed by atoms with Gasteiger partial charge in [0.15, 0.2) is 5.78 Å². The minimum Gasteiger partial charge on any atom is -0.497 e. The molecule has 0 amide bonds. The molecule has 0 spiro atoms. The van der Waals surface area contributed by atoms with E-state index in [0.717, 1.165) is 25.0 Å². The van der Waals surface area contributed by atoms with Gasteiger partial charge >= 0.3 is 0 Å². The molecule has 0 aliphatic rings. The van der Waals surface area contributed by atoms with Gasteiger partial charge in [-0.2, -0.15) is 0 Å². The molecular weight excluding hydrogens is 276 g/mol. The van der Waals surface area contributed by atoms with Crippen LogP contribution in [0, 0.1) is 0 Å². The molecule has 2 aromatic rings. The van der Waals surface area contributed by atoms with E-state index in [-0.39, 0.29) is 5.78 Å². The minimum atomic E-state index is -0.0336. The van der Waals surface area contributed by atoms with Crippen molar-refractivity contribution in [1.82, 2.24) is 0 Å². The Morgan fingerprint density at radius 2 is 1.73 bits per heavy atom. The van der Waals surface area contributed by atoms with Crippen molar-refractivity contribution in [3.05, 3.63) is 59.7 Å². The lowest BCUT2D eigenvalue weighted by Crippen LogP contribution is -2.06. The molecule has 0 radical (unpaired) electrons. The van der Waals surface area contributed by atoms with Crippen molar-refractivity contribution in [3.63, 3.8) is 0 Å². The average molecular weight is 298 g/mol. The molecule has 0 bridgehead atoms. The quantitative estimate of drug-likeness (QED) is 0.532. The summed E-state index contributed by atoms with van der Waals surface area (Å²) in [4.78, 5) is 12.6. The van der Waals surface area contributed by atoms with E-state index in [2.05, 4.69) is 6.92 Å². The third-order valence-electron chi connectivity index (χ3n) is 3.49. The normalized spacial score (nSPS) is 10.3. The van der Waals surface area contributed by atoms with Gasteiger partial charge in [-0.25, -0.2) is 0 Å². The van der Waals surface area contributed by atoms with E-state index < -0.39 is 0 Å². The van der Waals surface area contributed by atoms with Crippen LogP contribution < -0.4 is 9.47 Å². The topological polar surface area (TPSA) is 35.5 Å². The van der Waals surface area contributed by atoms with Crippen LogP contribution in [-0.2, 0) is 0 Å². The molecule has 0 N–H and O–H groups in total. The predicted molar refractivity (Wildman–Crippen MR) is 87.9 cm³/mol. The molecule has 0 fully saturated rings. The summed E-state index contributed by atoms with van der Waals surface area (Å²) in [5.41, 5.74) is 1.23. The molecule has 0 aliphatic heterocycles. The summed E-state index contributed by atoms with van der Waals surface area (Å²) in [5, 5.41) is 0. The standard InChI is InChI=1S/C19H22O3/c1-3-4-7-14-22-18-9-6-5-8-17(18)19(20)15-10-12-16(21-2)13-11-15/h5-6,8-13H,3-4,7,14H2,1-2H3. The molecule has 0 heterocycles. The first-order chi connectivity index (χ1) is 10.8. The Morgan fingerprint density at radius 3 is 2.41 bits per heavy atom. The molecule has 22 heavy (non-hydrogen) atoms. The van der Waals surface area contributed by atoms with Gasteiger partial charge < -0.3 is 9.47 Å². The fourth-order valence-corrected chi connectivity index (χ4v) is 2.21. The Hall–Kier alpha value is -2.29. The molecule has 0 saturated carbocycles. The van der Waals surface area contributed by atoms with Gasteiger partial charge in [0.05, 0.1) is 19.3 Å². The van der Waals surface area contributed by atoms with Crippen LogP contribution in [0.15, 0.2) is 48.5 Å². The van der Waals surface area contributed by atoms with Gasteiger partial charge in [0, 0.05) is 5.56 Å². The average Bonchev–Trinajstić information content (AvgIpc) is 2.58. The summed E-state index contributed by atoms with van der Waals surface area (Å²) in [5.74, 6) is 1.36. The molecule has 0 aliphatic carbocycles. The first-order valence-corrected chi connectivity index (χ1v) is 7.67. The smallest absolute Gasteiger partial charge is 0.196 e. The Kier molecular flexibility index (Phi) is 6.01. The van der Waals surface area contributed by atoms with Crippen molar-refractivity contribution in [2.75, 3.05) is 13.7 Å². The number of unbranched alkanes of at least 4 members (excludes halogenated alkanes) is 2. The van der Waals surface area contributed by atoms with Gasteiger partial charge in [-0.3, -0.25) is 4.79 Å². The van der Waals surface area contributed by atoms with Crippen molar-refractivity contribution in [2.24, 2.45) is 0 Å². The van der Waals surface area contributed by atoms with Gasteiger partial charge in [0.25, 0.3) is 0 Å². The lowest BCUT2D eigenvalue weighted by atomic mass is 10.0. The monoisotopic (exact) mass is 298 g/mol. The lowest BCUT2D eigenvalue weighted by Gasteiger charge is -2.11. The Bertz CT molecular complexity index is 602. The largest absolute Gasteiger partial charge is 0.497 e. The second kappa shape index (κ2) is 8.23. The maximum absolute atomic E-state index is 12.6. The van der Waals surface area contributed by atoms with E-state index in [1.807, 2.05) is 24.3 Å². The number of benzene rings is 2. The summed E-state index contributed by atoms with van der Waals surface area (Å²) in [6, 6.07) is 14.5. The SMILES string of the molecule is CCCCCOc1ccccc1C(=O)c1ccc(OC)cc1. The zero-order chi connectivity index (χ0) is 15.8. The summed E-state index contributed by atoms with van der Waals surface area (Å²) in [6.07, 6.45) is 3.28. The van der Waals surface area contributed by atoms with E-state index in [9.17, 15) is 4.79 Å². The Balaban J connectivity index is 2.14. The predicted octanol–water partition coefficient (Wildman–Crippen LogP) is 4.50. The van der Waals surface area contributed by atoms with Crippen LogP contribution in [0.5, 0.6) is 11.5 Å². The number of methoxy groups -OCH3 is 1. The number of hydrogen-bond acceptors (Lipinski definition) is 3. The third kappa shape index (κ3) is 4.10. The Morgan fingerprint density at radius 1 is 1.00 bits per heavy atom. The molecule has 0 unspecified atom stereocenters. The number of para-hydroxylation sites is 1. The second-order valence-electron chi connectivity index (χ2n) is 5.11. The van der Waals surface area contributed by atoms with Crippen LogP contribution in [0.1, 0.15) is 42.1 Å². The number of ether oxygens (including phenoxy) is 2. The molecular formula is C19H22O3. The summed E-state index contributed by atoms with van der Waals surface area (Å²) in [6.45, 7) is 2.79. The van der Waals surface area contributed by atoms with E-state index in [1.165, 1.54) is 0 Å². The number of carbonyl (C=O) groups is 1. The number of ketones is 1. The number of carbonyl (C=O) groups excluding carboxylic acids is 1. The zero-order valence-electron chi connectivity index (χ0n) is 13.2. The van der Waals surface area contributed by atoms with Crippen molar-refractivity contribution in [1.29, 1.82) is 0 Å². The van der Waals surface area contributed by atoms with Crippen LogP contribution in [0.25, 0.3) is 0 Å². The van der Waals surface area contributed by atoms with Gasteiger partial charge in [-0.1, -0.05) is 31.9 Å². The van der Waals surface area contributed by atoms with Gasteiger partial charge in [0.2, 0.25) is 0 Å². The van der Waals surface area contributed by atoms with Crippen molar-refractivity contribution in [2.45, 2.75) is 26.2 Å². The molecule has 2 rings (SSSR count). The Labute approximate surface area is 131 Å². The first kappa shape index (κ1) is 16.1. The van der Waals surface area contributed by atoms with Crippen molar-refractivity contribution >= 4 is 5.78 Å². The van der Waals surface area contributed by atoms with Gasteiger partial charge in [-0.15, -0.1) is 0 Å². The van der Waals surface area contributed by atoms with Gasteiger partial charge in [0.1, 0.15) is 11.5 Å². The van der Waals surface area contributed by atoms with Crippen molar-refractivity contribution < 1.29 is 14.3 Å². The van der Waals surface area contributed by atoms with Crippen molar-refractivity contribution in [3.8, 4) is 11.5 Å². The number of hydrogen-bond donors (Lipinski definition) is 0. The molecule has 0 saturated heterocycles. The van der Waals surface area contributed by atoms with Crippen LogP contribution in [-0.4, -0.2) is 19.5 Å². The zero-order valence-corrected chi connectivity index (χ0v) is 13.2. The van der Waals surface area contributed by atoms with E-state index in [4.69, 9.17) is 9.47 Å². The fraction of sp³-hybridized carbons (Fsp3) is 0.316. The van der Waals surface area contributed by atoms with Crippen LogP contribution in [0.3, 0.4) is 0 Å². The highest BCUT2D eigenvalue weighted by molar-refractivity contribution is 6.10. The molecule has 2 aromatic carbocycles. The van der Waals surface area contributed by atoms with Gasteiger partial charge in [-0.05, 0) is 42.8 Å². The maximum atomic E-state index is 12.6. The second-order valence-corrected chi connectivity index (χ2v) is 5.11. The van der Waals surface area contributed by atoms with Crippen LogP contribution >= 0.6 is 0 Å². The summed E-state index contributed by atoms with van der Waals surface area (Å²) >= 11 is 0. The molecule has 0 aromatic heterocycles. The molecule has 0 atom stereocenters. The van der Waals surface area contributed by atoms with Crippen LogP contribution in [0.4, 0.5) is 0 Å². The van der Waals surface area contributed by atoms with E-state index in [1.54, 1.807) is 31.4 Å². The minimum absolute atomic E-state index is 0.0336. The highest BCUT2D eigenvalue weighted by atomic mass is 16.5. The van der Waals surface area contributed by atoms with E-state index in [0.29, 0.717) is 23.5 Å². The highest BCUT2D eigenvalue weighted by Crippen LogP contribution is 2.23. The summed E-state index contributed by atoms with van der Waals surface area (Å²) < 4.78 is 10.9. The highest BCUT2D eigenvalue weighted by Gasteiger charge is 2.14. The summed E-state index contributed by atoms with van der Waals surface area (Å²) in [7, 11) is 1.61. The maximum Gasteiger partial charge on any atom is 0.196 e. The number of rotatable bonds is 8. The molecule has 3 nitrogen and oxygen atoms in total. The molecule has 3 heteroatoms. The molecule has 116 valence electrons. The van der Waals surface area contributed by atoms with Crippen LogP contribution in [0.2, 0.25) is 0 Å². The first-order valence-electron chi connectivity index (χ1n) is 7.67. The third-order valence-corrected chi connectivity index (χ3v) is 3.49. The van der Waals surface area contributed by atoms with E-state index >= 15 is 0 Å².